The van der Waals surface area contributed by atoms with Gasteiger partial charge >= 0.3 is 5.97 Å². The summed E-state index contributed by atoms with van der Waals surface area (Å²) >= 11 is 0. The first-order valence-corrected chi connectivity index (χ1v) is 6.51. The average molecular weight is 251 g/mol. The highest BCUT2D eigenvalue weighted by molar-refractivity contribution is 5.88. The molecule has 0 atom stereocenters. The van der Waals surface area contributed by atoms with E-state index >= 15 is 0 Å². The van der Waals surface area contributed by atoms with Crippen LogP contribution in [0.1, 0.15) is 55.6 Å². The van der Waals surface area contributed by atoms with E-state index in [9.17, 15) is 4.79 Å². The summed E-state index contributed by atoms with van der Waals surface area (Å²) in [6, 6.07) is 1.98. The molecule has 0 bridgehead atoms. The van der Waals surface area contributed by atoms with E-state index in [0.29, 0.717) is 23.8 Å². The van der Waals surface area contributed by atoms with Gasteiger partial charge in [0.05, 0.1) is 12.8 Å². The molecule has 1 aliphatic carbocycles. The van der Waals surface area contributed by atoms with Crippen LogP contribution in [0.15, 0.2) is 16.7 Å². The van der Waals surface area contributed by atoms with Crippen molar-refractivity contribution in [2.75, 3.05) is 0 Å². The van der Waals surface area contributed by atoms with Gasteiger partial charge in [0.25, 0.3) is 0 Å². The van der Waals surface area contributed by atoms with Gasteiger partial charge in [-0.15, -0.1) is 0 Å². The van der Waals surface area contributed by atoms with Gasteiger partial charge in [0, 0.05) is 6.04 Å². The molecule has 4 nitrogen and oxygen atoms in total. The molecule has 2 N–H and O–H groups in total. The van der Waals surface area contributed by atoms with Gasteiger partial charge in [0.1, 0.15) is 11.3 Å². The molecule has 1 saturated carbocycles. The Morgan fingerprint density at radius 1 is 1.50 bits per heavy atom. The van der Waals surface area contributed by atoms with Crippen LogP contribution in [0.5, 0.6) is 0 Å². The Kier molecular flexibility index (Phi) is 3.76. The second-order valence-electron chi connectivity index (χ2n) is 5.88. The van der Waals surface area contributed by atoms with Gasteiger partial charge in [-0.2, -0.15) is 0 Å². The van der Waals surface area contributed by atoms with E-state index in [1.807, 2.05) is 0 Å². The number of aromatic carboxylic acids is 1. The maximum absolute atomic E-state index is 10.9. The lowest BCUT2D eigenvalue weighted by atomic mass is 9.75. The molecule has 0 amide bonds. The molecule has 0 aromatic carbocycles. The summed E-state index contributed by atoms with van der Waals surface area (Å²) in [6.45, 7) is 5.11. The quantitative estimate of drug-likeness (QED) is 0.863. The predicted molar refractivity (Wildman–Crippen MR) is 68.5 cm³/mol. The number of nitrogens with one attached hydrogen (secondary N) is 1. The molecule has 1 aromatic rings. The fraction of sp³-hybridized carbons (Fsp3) is 0.643. The van der Waals surface area contributed by atoms with E-state index in [1.54, 1.807) is 0 Å². The summed E-state index contributed by atoms with van der Waals surface area (Å²) in [4.78, 5) is 10.9. The van der Waals surface area contributed by atoms with E-state index in [0.717, 1.165) is 12.8 Å². The van der Waals surface area contributed by atoms with Crippen LogP contribution in [0.2, 0.25) is 0 Å². The first-order valence-electron chi connectivity index (χ1n) is 6.51. The molecule has 0 saturated heterocycles. The standard InChI is InChI=1S/C14H21NO3/c1-14(2)6-3-10(4-7-14)15-9-12-11(13(16)17)5-8-18-12/h5,8,10,15H,3-4,6-7,9H2,1-2H3,(H,16,17). The van der Waals surface area contributed by atoms with Crippen molar-refractivity contribution in [2.45, 2.75) is 52.1 Å². The third-order valence-corrected chi connectivity index (χ3v) is 3.87. The van der Waals surface area contributed by atoms with Gasteiger partial charge in [-0.25, -0.2) is 4.79 Å². The van der Waals surface area contributed by atoms with Crippen LogP contribution in [0, 0.1) is 5.41 Å². The monoisotopic (exact) mass is 251 g/mol. The molecular weight excluding hydrogens is 230 g/mol. The molecule has 2 rings (SSSR count). The van der Waals surface area contributed by atoms with Gasteiger partial charge in [-0.05, 0) is 37.2 Å². The van der Waals surface area contributed by atoms with E-state index in [4.69, 9.17) is 9.52 Å². The number of carboxylic acids is 1. The van der Waals surface area contributed by atoms with Crippen molar-refractivity contribution in [2.24, 2.45) is 5.41 Å². The van der Waals surface area contributed by atoms with Crippen molar-refractivity contribution in [3.8, 4) is 0 Å². The Labute approximate surface area is 107 Å². The largest absolute Gasteiger partial charge is 0.478 e. The molecule has 100 valence electrons. The molecule has 0 aliphatic heterocycles. The fourth-order valence-electron chi connectivity index (χ4n) is 2.51. The van der Waals surface area contributed by atoms with E-state index in [1.165, 1.54) is 25.2 Å². The molecule has 0 radical (unpaired) electrons. The van der Waals surface area contributed by atoms with Crippen molar-refractivity contribution in [3.05, 3.63) is 23.7 Å². The van der Waals surface area contributed by atoms with Crippen LogP contribution in [0.3, 0.4) is 0 Å². The van der Waals surface area contributed by atoms with E-state index in [2.05, 4.69) is 19.2 Å². The second kappa shape index (κ2) is 5.14. The maximum atomic E-state index is 10.9. The van der Waals surface area contributed by atoms with Crippen LogP contribution in [-0.4, -0.2) is 17.1 Å². The number of rotatable bonds is 4. The minimum absolute atomic E-state index is 0.263. The Bertz CT molecular complexity index is 412. The topological polar surface area (TPSA) is 62.5 Å². The lowest BCUT2D eigenvalue weighted by Gasteiger charge is -2.34. The number of carboxylic acid groups (broad SMARTS) is 1. The summed E-state index contributed by atoms with van der Waals surface area (Å²) in [5.41, 5.74) is 0.716. The molecule has 4 heteroatoms. The van der Waals surface area contributed by atoms with Crippen molar-refractivity contribution < 1.29 is 14.3 Å². The molecule has 18 heavy (non-hydrogen) atoms. The lowest BCUT2D eigenvalue weighted by molar-refractivity contribution is 0.0694. The number of hydrogen-bond donors (Lipinski definition) is 2. The van der Waals surface area contributed by atoms with Gasteiger partial charge in [-0.3, -0.25) is 0 Å². The first-order chi connectivity index (χ1) is 8.48. The Morgan fingerprint density at radius 2 is 2.17 bits per heavy atom. The highest BCUT2D eigenvalue weighted by atomic mass is 16.4. The predicted octanol–water partition coefficient (Wildman–Crippen LogP) is 3.04. The van der Waals surface area contributed by atoms with Gasteiger partial charge in [-0.1, -0.05) is 13.8 Å². The van der Waals surface area contributed by atoms with E-state index < -0.39 is 5.97 Å². The molecule has 1 aromatic heterocycles. The van der Waals surface area contributed by atoms with Crippen LogP contribution in [-0.2, 0) is 6.54 Å². The first kappa shape index (κ1) is 13.1. The van der Waals surface area contributed by atoms with Crippen molar-refractivity contribution in [1.29, 1.82) is 0 Å². The molecule has 0 unspecified atom stereocenters. The Hall–Kier alpha value is -1.29. The van der Waals surface area contributed by atoms with Gasteiger partial charge < -0.3 is 14.8 Å². The van der Waals surface area contributed by atoms with Crippen LogP contribution in [0.4, 0.5) is 0 Å². The minimum atomic E-state index is -0.926. The molecule has 1 fully saturated rings. The van der Waals surface area contributed by atoms with E-state index in [-0.39, 0.29) is 5.56 Å². The smallest absolute Gasteiger partial charge is 0.339 e. The summed E-state index contributed by atoms with van der Waals surface area (Å²) in [7, 11) is 0. The van der Waals surface area contributed by atoms with Crippen molar-refractivity contribution in [1.82, 2.24) is 5.32 Å². The normalized spacial score (nSPS) is 19.9. The third-order valence-electron chi connectivity index (χ3n) is 3.87. The third kappa shape index (κ3) is 3.13. The highest BCUT2D eigenvalue weighted by Crippen LogP contribution is 2.35. The molecule has 0 spiro atoms. The van der Waals surface area contributed by atoms with Gasteiger partial charge in [0.2, 0.25) is 0 Å². The summed E-state index contributed by atoms with van der Waals surface area (Å²) in [5, 5.41) is 12.4. The number of carbonyl (C=O) groups is 1. The van der Waals surface area contributed by atoms with Crippen LogP contribution in [0.25, 0.3) is 0 Å². The highest BCUT2D eigenvalue weighted by Gasteiger charge is 2.26. The molecule has 1 aliphatic rings. The average Bonchev–Trinajstić information content (AvgIpc) is 2.76. The fourth-order valence-corrected chi connectivity index (χ4v) is 2.51. The maximum Gasteiger partial charge on any atom is 0.339 e. The van der Waals surface area contributed by atoms with Crippen molar-refractivity contribution in [3.63, 3.8) is 0 Å². The van der Waals surface area contributed by atoms with Crippen LogP contribution >= 0.6 is 0 Å². The summed E-state index contributed by atoms with van der Waals surface area (Å²) in [5.74, 6) is -0.405. The zero-order valence-corrected chi connectivity index (χ0v) is 11.0. The lowest BCUT2D eigenvalue weighted by Crippen LogP contribution is -2.35. The number of hydrogen-bond acceptors (Lipinski definition) is 3. The zero-order chi connectivity index (χ0) is 13.2. The Balaban J connectivity index is 1.85. The molecule has 1 heterocycles. The van der Waals surface area contributed by atoms with Crippen LogP contribution < -0.4 is 5.32 Å². The minimum Gasteiger partial charge on any atom is -0.478 e. The second-order valence-corrected chi connectivity index (χ2v) is 5.88. The molecular formula is C14H21NO3. The summed E-state index contributed by atoms with van der Waals surface area (Å²) in [6.07, 6.45) is 6.17. The Morgan fingerprint density at radius 3 is 2.78 bits per heavy atom. The van der Waals surface area contributed by atoms with Gasteiger partial charge in [0.15, 0.2) is 0 Å². The van der Waals surface area contributed by atoms with Crippen molar-refractivity contribution >= 4 is 5.97 Å². The summed E-state index contributed by atoms with van der Waals surface area (Å²) < 4.78 is 5.21. The number of furan rings is 1. The SMILES string of the molecule is CC1(C)CCC(NCc2occc2C(=O)O)CC1. The zero-order valence-electron chi connectivity index (χ0n) is 11.0.